The zero-order chi connectivity index (χ0) is 14.7. The van der Waals surface area contributed by atoms with Crippen LogP contribution in [0.3, 0.4) is 0 Å². The van der Waals surface area contributed by atoms with Crippen molar-refractivity contribution in [2.24, 2.45) is 5.41 Å². The molecule has 21 heavy (non-hydrogen) atoms. The molecule has 0 aromatic heterocycles. The molecule has 0 radical (unpaired) electrons. The zero-order valence-corrected chi connectivity index (χ0v) is 12.8. The van der Waals surface area contributed by atoms with Crippen LogP contribution in [-0.4, -0.2) is 43.0 Å². The van der Waals surface area contributed by atoms with Crippen LogP contribution < -0.4 is 10.6 Å². The number of hydrogen-bond acceptors (Lipinski definition) is 3. The van der Waals surface area contributed by atoms with E-state index >= 15 is 0 Å². The molecule has 0 bridgehead atoms. The Morgan fingerprint density at radius 2 is 2.24 bits per heavy atom. The summed E-state index contributed by atoms with van der Waals surface area (Å²) < 4.78 is 0. The van der Waals surface area contributed by atoms with Crippen LogP contribution in [0.2, 0.25) is 0 Å². The summed E-state index contributed by atoms with van der Waals surface area (Å²) in [4.78, 5) is 14.8. The van der Waals surface area contributed by atoms with Gasteiger partial charge in [-0.3, -0.25) is 9.69 Å². The SMILES string of the molecule is CC1(C(=O)NC2CCN(Cc3ccccc3)C2)CCNC1. The molecule has 0 saturated carbocycles. The van der Waals surface area contributed by atoms with Gasteiger partial charge >= 0.3 is 0 Å². The maximum Gasteiger partial charge on any atom is 0.227 e. The fourth-order valence-corrected chi connectivity index (χ4v) is 3.31. The Morgan fingerprint density at radius 3 is 2.95 bits per heavy atom. The van der Waals surface area contributed by atoms with Gasteiger partial charge in [0.2, 0.25) is 5.91 Å². The molecule has 1 aromatic carbocycles. The van der Waals surface area contributed by atoms with Gasteiger partial charge in [-0.1, -0.05) is 30.3 Å². The number of nitrogens with zero attached hydrogens (tertiary/aromatic N) is 1. The Bertz CT molecular complexity index is 482. The number of likely N-dealkylation sites (tertiary alicyclic amines) is 1. The van der Waals surface area contributed by atoms with Crippen molar-refractivity contribution in [1.29, 1.82) is 0 Å². The third kappa shape index (κ3) is 3.44. The summed E-state index contributed by atoms with van der Waals surface area (Å²) in [5.41, 5.74) is 1.13. The van der Waals surface area contributed by atoms with Gasteiger partial charge in [0.15, 0.2) is 0 Å². The first-order valence-electron chi connectivity index (χ1n) is 7.94. The van der Waals surface area contributed by atoms with Gasteiger partial charge in [-0.15, -0.1) is 0 Å². The van der Waals surface area contributed by atoms with E-state index in [1.54, 1.807) is 0 Å². The first-order valence-corrected chi connectivity index (χ1v) is 7.94. The van der Waals surface area contributed by atoms with Gasteiger partial charge in [-0.05, 0) is 31.9 Å². The minimum absolute atomic E-state index is 0.215. The monoisotopic (exact) mass is 287 g/mol. The molecule has 4 heteroatoms. The zero-order valence-electron chi connectivity index (χ0n) is 12.8. The second kappa shape index (κ2) is 6.16. The Labute approximate surface area is 126 Å². The molecule has 2 aliphatic heterocycles. The second-order valence-electron chi connectivity index (χ2n) is 6.67. The van der Waals surface area contributed by atoms with E-state index in [9.17, 15) is 4.79 Å². The summed E-state index contributed by atoms with van der Waals surface area (Å²) in [6, 6.07) is 10.8. The largest absolute Gasteiger partial charge is 0.352 e. The number of carbonyl (C=O) groups is 1. The number of benzene rings is 1. The number of amides is 1. The maximum absolute atomic E-state index is 12.4. The van der Waals surface area contributed by atoms with Crippen LogP contribution in [-0.2, 0) is 11.3 Å². The molecule has 2 N–H and O–H groups in total. The molecule has 2 aliphatic rings. The van der Waals surface area contributed by atoms with Crippen molar-refractivity contribution in [3.05, 3.63) is 35.9 Å². The topological polar surface area (TPSA) is 44.4 Å². The normalized spacial score (nSPS) is 29.7. The lowest BCUT2D eigenvalue weighted by Gasteiger charge is -2.24. The smallest absolute Gasteiger partial charge is 0.227 e. The second-order valence-corrected chi connectivity index (χ2v) is 6.67. The summed E-state index contributed by atoms with van der Waals surface area (Å²) in [5.74, 6) is 0.221. The number of nitrogens with one attached hydrogen (secondary N) is 2. The summed E-state index contributed by atoms with van der Waals surface area (Å²) in [6.45, 7) is 6.83. The summed E-state index contributed by atoms with van der Waals surface area (Å²) in [7, 11) is 0. The van der Waals surface area contributed by atoms with Crippen LogP contribution >= 0.6 is 0 Å². The fourth-order valence-electron chi connectivity index (χ4n) is 3.31. The summed E-state index contributed by atoms with van der Waals surface area (Å²) >= 11 is 0. The molecule has 1 amide bonds. The first-order chi connectivity index (χ1) is 10.2. The molecule has 2 fully saturated rings. The molecule has 0 aliphatic carbocycles. The first kappa shape index (κ1) is 14.5. The molecule has 2 heterocycles. The molecular formula is C17H25N3O. The summed E-state index contributed by atoms with van der Waals surface area (Å²) in [6.07, 6.45) is 2.00. The quantitative estimate of drug-likeness (QED) is 0.879. The number of hydrogen-bond donors (Lipinski definition) is 2. The molecule has 2 saturated heterocycles. The fraction of sp³-hybridized carbons (Fsp3) is 0.588. The van der Waals surface area contributed by atoms with Crippen LogP contribution in [0.5, 0.6) is 0 Å². The molecule has 1 aromatic rings. The van der Waals surface area contributed by atoms with Gasteiger partial charge < -0.3 is 10.6 Å². The predicted molar refractivity (Wildman–Crippen MR) is 83.9 cm³/mol. The van der Waals surface area contributed by atoms with Gasteiger partial charge in [0.1, 0.15) is 0 Å². The van der Waals surface area contributed by atoms with Gasteiger partial charge in [0, 0.05) is 32.2 Å². The minimum atomic E-state index is -0.215. The predicted octanol–water partition coefficient (Wildman–Crippen LogP) is 1.38. The number of carbonyl (C=O) groups excluding carboxylic acids is 1. The van der Waals surface area contributed by atoms with E-state index in [1.165, 1.54) is 5.56 Å². The Hall–Kier alpha value is -1.39. The van der Waals surface area contributed by atoms with Crippen LogP contribution in [0.15, 0.2) is 30.3 Å². The van der Waals surface area contributed by atoms with Crippen LogP contribution in [0, 0.1) is 5.41 Å². The van der Waals surface area contributed by atoms with E-state index in [0.29, 0.717) is 6.04 Å². The highest BCUT2D eigenvalue weighted by molar-refractivity contribution is 5.83. The van der Waals surface area contributed by atoms with Crippen molar-refractivity contribution >= 4 is 5.91 Å². The van der Waals surface area contributed by atoms with E-state index in [0.717, 1.165) is 45.6 Å². The van der Waals surface area contributed by atoms with E-state index in [4.69, 9.17) is 0 Å². The molecule has 3 rings (SSSR count). The molecule has 0 spiro atoms. The highest BCUT2D eigenvalue weighted by atomic mass is 16.2. The van der Waals surface area contributed by atoms with Crippen LogP contribution in [0.25, 0.3) is 0 Å². The van der Waals surface area contributed by atoms with Gasteiger partial charge in [0.25, 0.3) is 0 Å². The Balaban J connectivity index is 1.49. The van der Waals surface area contributed by atoms with Crippen molar-refractivity contribution in [2.45, 2.75) is 32.4 Å². The lowest BCUT2D eigenvalue weighted by atomic mass is 9.88. The van der Waals surface area contributed by atoms with Gasteiger partial charge in [-0.2, -0.15) is 0 Å². The van der Waals surface area contributed by atoms with E-state index < -0.39 is 0 Å². The molecule has 114 valence electrons. The van der Waals surface area contributed by atoms with Crippen molar-refractivity contribution in [3.8, 4) is 0 Å². The van der Waals surface area contributed by atoms with Crippen LogP contribution in [0.4, 0.5) is 0 Å². The Morgan fingerprint density at radius 1 is 1.43 bits per heavy atom. The Kier molecular flexibility index (Phi) is 4.27. The van der Waals surface area contributed by atoms with E-state index in [-0.39, 0.29) is 11.3 Å². The van der Waals surface area contributed by atoms with Gasteiger partial charge in [-0.25, -0.2) is 0 Å². The van der Waals surface area contributed by atoms with Gasteiger partial charge in [0.05, 0.1) is 5.41 Å². The van der Waals surface area contributed by atoms with E-state index in [2.05, 4.69) is 46.7 Å². The highest BCUT2D eigenvalue weighted by Crippen LogP contribution is 2.25. The standard InChI is InChI=1S/C17H25N3O/c1-17(8-9-18-13-17)16(21)19-15-7-10-20(12-15)11-14-5-3-2-4-6-14/h2-6,15,18H,7-13H2,1H3,(H,19,21). The van der Waals surface area contributed by atoms with Crippen LogP contribution in [0.1, 0.15) is 25.3 Å². The lowest BCUT2D eigenvalue weighted by molar-refractivity contribution is -0.129. The van der Waals surface area contributed by atoms with Crippen molar-refractivity contribution in [1.82, 2.24) is 15.5 Å². The maximum atomic E-state index is 12.4. The molecule has 2 atom stereocenters. The highest BCUT2D eigenvalue weighted by Gasteiger charge is 2.37. The third-order valence-electron chi connectivity index (χ3n) is 4.77. The molecular weight excluding hydrogens is 262 g/mol. The van der Waals surface area contributed by atoms with Crippen molar-refractivity contribution < 1.29 is 4.79 Å². The number of rotatable bonds is 4. The van der Waals surface area contributed by atoms with Crippen molar-refractivity contribution in [2.75, 3.05) is 26.2 Å². The molecule has 4 nitrogen and oxygen atoms in total. The average molecular weight is 287 g/mol. The lowest BCUT2D eigenvalue weighted by Crippen LogP contribution is -2.46. The third-order valence-corrected chi connectivity index (χ3v) is 4.77. The van der Waals surface area contributed by atoms with E-state index in [1.807, 2.05) is 6.07 Å². The van der Waals surface area contributed by atoms with Crippen molar-refractivity contribution in [3.63, 3.8) is 0 Å². The minimum Gasteiger partial charge on any atom is -0.352 e. The average Bonchev–Trinajstić information content (AvgIpc) is 3.10. The summed E-state index contributed by atoms with van der Waals surface area (Å²) in [5, 5.41) is 6.55. The molecule has 2 unspecified atom stereocenters.